The monoisotopic (exact) mass is 475 g/mol. The van der Waals surface area contributed by atoms with Crippen molar-refractivity contribution in [1.29, 1.82) is 0 Å². The van der Waals surface area contributed by atoms with Gasteiger partial charge in [0, 0.05) is 67.5 Å². The lowest BCUT2D eigenvalue weighted by atomic mass is 9.97. The maximum absolute atomic E-state index is 13.3. The van der Waals surface area contributed by atoms with Gasteiger partial charge in [0.05, 0.1) is 23.0 Å². The molecular weight excluding hydrogens is 450 g/mol. The van der Waals surface area contributed by atoms with E-state index in [2.05, 4.69) is 48.2 Å². The van der Waals surface area contributed by atoms with Crippen molar-refractivity contribution in [3.8, 4) is 11.1 Å². The summed E-state index contributed by atoms with van der Waals surface area (Å²) in [6.45, 7) is 3.91. The number of nitrogens with zero attached hydrogens (tertiary/aromatic N) is 6. The van der Waals surface area contributed by atoms with Crippen LogP contribution in [0.25, 0.3) is 32.9 Å². The Labute approximate surface area is 208 Å². The molecule has 1 saturated heterocycles. The van der Waals surface area contributed by atoms with Crippen LogP contribution >= 0.6 is 0 Å². The zero-order chi connectivity index (χ0) is 24.5. The number of hydrogen-bond acceptors (Lipinski definition) is 7. The van der Waals surface area contributed by atoms with Gasteiger partial charge >= 0.3 is 0 Å². The molecule has 0 atom stereocenters. The maximum Gasteiger partial charge on any atom is 0.257 e. The second kappa shape index (κ2) is 9.31. The second-order valence-electron chi connectivity index (χ2n) is 8.97. The molecule has 1 aliphatic rings. The first-order valence-electron chi connectivity index (χ1n) is 11.9. The molecule has 6 rings (SSSR count). The zero-order valence-corrected chi connectivity index (χ0v) is 19.9. The van der Waals surface area contributed by atoms with Gasteiger partial charge in [-0.3, -0.25) is 19.7 Å². The number of nitrogens with one attached hydrogen (secondary N) is 1. The number of piperazine rings is 1. The van der Waals surface area contributed by atoms with Gasteiger partial charge in [-0.1, -0.05) is 30.3 Å². The average molecular weight is 476 g/mol. The third-order valence-corrected chi connectivity index (χ3v) is 6.66. The highest BCUT2D eigenvalue weighted by molar-refractivity contribution is 6.14. The Morgan fingerprint density at radius 1 is 0.806 bits per heavy atom. The summed E-state index contributed by atoms with van der Waals surface area (Å²) in [7, 11) is 2.13. The van der Waals surface area contributed by atoms with Gasteiger partial charge in [0.1, 0.15) is 11.3 Å². The van der Waals surface area contributed by atoms with Crippen molar-refractivity contribution >= 4 is 39.2 Å². The number of rotatable bonds is 4. The Kier molecular flexibility index (Phi) is 5.71. The Bertz CT molecular complexity index is 1550. The van der Waals surface area contributed by atoms with E-state index in [0.29, 0.717) is 22.3 Å². The number of fused-ring (bicyclic) bond motifs is 2. The van der Waals surface area contributed by atoms with Crippen LogP contribution in [-0.4, -0.2) is 64.0 Å². The van der Waals surface area contributed by atoms with Crippen LogP contribution in [0.4, 0.5) is 11.5 Å². The molecule has 0 saturated carbocycles. The quantitative estimate of drug-likeness (QED) is 0.416. The van der Waals surface area contributed by atoms with E-state index in [9.17, 15) is 4.79 Å². The topological polar surface area (TPSA) is 87.1 Å². The summed E-state index contributed by atoms with van der Waals surface area (Å²) in [5, 5.41) is 5.08. The highest BCUT2D eigenvalue weighted by atomic mass is 16.1. The van der Waals surface area contributed by atoms with E-state index in [4.69, 9.17) is 0 Å². The lowest BCUT2D eigenvalue weighted by Gasteiger charge is -2.33. The van der Waals surface area contributed by atoms with E-state index in [-0.39, 0.29) is 5.91 Å². The standard InChI is InChI=1S/C28H25N7O/c1-34-12-14-35(15-13-34)25-9-6-20(17-32-25)33-28(36)23-8-7-22(26-27(23)31-11-10-30-26)24-18-29-16-19-4-2-3-5-21(19)24/h2-11,16-18H,12-15H2,1H3,(H,33,36). The van der Waals surface area contributed by atoms with Crippen molar-refractivity contribution in [1.82, 2.24) is 24.8 Å². The summed E-state index contributed by atoms with van der Waals surface area (Å²) in [6, 6.07) is 15.7. The molecule has 1 fully saturated rings. The van der Waals surface area contributed by atoms with Gasteiger partial charge in [-0.05, 0) is 30.6 Å². The first-order valence-corrected chi connectivity index (χ1v) is 11.9. The SMILES string of the molecule is CN1CCN(c2ccc(NC(=O)c3ccc(-c4cncc5ccccc45)c4nccnc34)cn2)CC1. The highest BCUT2D eigenvalue weighted by Crippen LogP contribution is 2.33. The van der Waals surface area contributed by atoms with Crippen molar-refractivity contribution in [3.05, 3.63) is 85.1 Å². The largest absolute Gasteiger partial charge is 0.354 e. The number of pyridine rings is 2. The molecule has 1 aliphatic heterocycles. The number of carbonyl (C=O) groups excluding carboxylic acids is 1. The van der Waals surface area contributed by atoms with E-state index in [1.54, 1.807) is 24.7 Å². The van der Waals surface area contributed by atoms with Gasteiger partial charge in [-0.2, -0.15) is 0 Å². The van der Waals surface area contributed by atoms with Gasteiger partial charge in [0.2, 0.25) is 0 Å². The van der Waals surface area contributed by atoms with Crippen LogP contribution in [0.1, 0.15) is 10.4 Å². The minimum Gasteiger partial charge on any atom is -0.354 e. The van der Waals surface area contributed by atoms with Crippen LogP contribution in [0.3, 0.4) is 0 Å². The minimum atomic E-state index is -0.253. The summed E-state index contributed by atoms with van der Waals surface area (Å²) in [6.07, 6.45) is 8.63. The Morgan fingerprint density at radius 2 is 1.61 bits per heavy atom. The summed E-state index contributed by atoms with van der Waals surface area (Å²) in [4.78, 5) is 35.9. The van der Waals surface area contributed by atoms with Crippen LogP contribution < -0.4 is 10.2 Å². The normalized spacial score (nSPS) is 14.3. The van der Waals surface area contributed by atoms with Gasteiger partial charge in [-0.15, -0.1) is 0 Å². The van der Waals surface area contributed by atoms with Gasteiger partial charge < -0.3 is 15.1 Å². The molecule has 0 unspecified atom stereocenters. The highest BCUT2D eigenvalue weighted by Gasteiger charge is 2.18. The smallest absolute Gasteiger partial charge is 0.257 e. The molecule has 3 aromatic heterocycles. The molecule has 2 aromatic carbocycles. The lowest BCUT2D eigenvalue weighted by molar-refractivity contribution is 0.102. The second-order valence-corrected chi connectivity index (χ2v) is 8.97. The lowest BCUT2D eigenvalue weighted by Crippen LogP contribution is -2.44. The number of likely N-dealkylation sites (N-methyl/N-ethyl adjacent to an activating group) is 1. The van der Waals surface area contributed by atoms with Gasteiger partial charge in [0.15, 0.2) is 0 Å². The minimum absolute atomic E-state index is 0.253. The molecule has 8 heteroatoms. The summed E-state index contributed by atoms with van der Waals surface area (Å²) < 4.78 is 0. The predicted molar refractivity (Wildman–Crippen MR) is 142 cm³/mol. The molecule has 5 aromatic rings. The first kappa shape index (κ1) is 22.1. The van der Waals surface area contributed by atoms with Crippen molar-refractivity contribution in [2.75, 3.05) is 43.4 Å². The molecular formula is C28H25N7O. The molecule has 0 bridgehead atoms. The molecule has 178 valence electrons. The first-order chi connectivity index (χ1) is 17.7. The van der Waals surface area contributed by atoms with Crippen molar-refractivity contribution in [3.63, 3.8) is 0 Å². The number of anilines is 2. The fraction of sp³-hybridized carbons (Fsp3) is 0.179. The van der Waals surface area contributed by atoms with Crippen LogP contribution in [-0.2, 0) is 0 Å². The maximum atomic E-state index is 13.3. The Hall–Kier alpha value is -4.43. The van der Waals surface area contributed by atoms with Crippen LogP contribution in [0.2, 0.25) is 0 Å². The van der Waals surface area contributed by atoms with Crippen LogP contribution in [0.5, 0.6) is 0 Å². The number of amides is 1. The average Bonchev–Trinajstić information content (AvgIpc) is 2.93. The molecule has 36 heavy (non-hydrogen) atoms. The van der Waals surface area contributed by atoms with Crippen LogP contribution in [0, 0.1) is 0 Å². The predicted octanol–water partition coefficient (Wildman–Crippen LogP) is 4.24. The Balaban J connectivity index is 1.30. The summed E-state index contributed by atoms with van der Waals surface area (Å²) in [5.41, 5.74) is 4.14. The molecule has 4 heterocycles. The third kappa shape index (κ3) is 4.12. The van der Waals surface area contributed by atoms with E-state index in [0.717, 1.165) is 53.9 Å². The number of aromatic nitrogens is 4. The summed E-state index contributed by atoms with van der Waals surface area (Å²) >= 11 is 0. The van der Waals surface area contributed by atoms with Crippen LogP contribution in [0.15, 0.2) is 79.5 Å². The molecule has 1 N–H and O–H groups in total. The fourth-order valence-electron chi connectivity index (χ4n) is 4.67. The fourth-order valence-corrected chi connectivity index (χ4v) is 4.67. The molecule has 0 spiro atoms. The molecule has 8 nitrogen and oxygen atoms in total. The van der Waals surface area contributed by atoms with Crippen molar-refractivity contribution in [2.24, 2.45) is 0 Å². The molecule has 0 radical (unpaired) electrons. The van der Waals surface area contributed by atoms with E-state index in [1.807, 2.05) is 48.8 Å². The van der Waals surface area contributed by atoms with E-state index < -0.39 is 0 Å². The van der Waals surface area contributed by atoms with Gasteiger partial charge in [0.25, 0.3) is 5.91 Å². The van der Waals surface area contributed by atoms with Crippen molar-refractivity contribution in [2.45, 2.75) is 0 Å². The molecule has 1 amide bonds. The van der Waals surface area contributed by atoms with E-state index in [1.165, 1.54) is 0 Å². The number of hydrogen-bond donors (Lipinski definition) is 1. The van der Waals surface area contributed by atoms with E-state index >= 15 is 0 Å². The Morgan fingerprint density at radius 3 is 2.42 bits per heavy atom. The summed E-state index contributed by atoms with van der Waals surface area (Å²) in [5.74, 6) is 0.669. The third-order valence-electron chi connectivity index (χ3n) is 6.66. The molecule has 0 aliphatic carbocycles. The zero-order valence-electron chi connectivity index (χ0n) is 19.9. The number of carbonyl (C=O) groups is 1. The number of benzene rings is 2. The van der Waals surface area contributed by atoms with Crippen molar-refractivity contribution < 1.29 is 4.79 Å². The van der Waals surface area contributed by atoms with Gasteiger partial charge in [-0.25, -0.2) is 4.98 Å².